The molecule has 1 N–H and O–H groups in total. The molecule has 0 atom stereocenters. The second-order valence-electron chi connectivity index (χ2n) is 6.28. The van der Waals surface area contributed by atoms with E-state index in [1.165, 1.54) is 8.61 Å². The molecule has 1 fully saturated rings. The van der Waals surface area contributed by atoms with Gasteiger partial charge in [0.25, 0.3) is 10.2 Å². The topological polar surface area (TPSA) is 73.0 Å². The van der Waals surface area contributed by atoms with Crippen LogP contribution in [0, 0.1) is 0 Å². The Labute approximate surface area is 171 Å². The van der Waals surface area contributed by atoms with Gasteiger partial charge in [-0.1, -0.05) is 43.1 Å². The van der Waals surface area contributed by atoms with Crippen LogP contribution in [0.15, 0.2) is 18.2 Å². The molecule has 1 aromatic rings. The van der Waals surface area contributed by atoms with Crippen molar-refractivity contribution in [3.63, 3.8) is 0 Å². The third kappa shape index (κ3) is 6.04. The number of amides is 1. The van der Waals surface area contributed by atoms with E-state index in [0.29, 0.717) is 55.9 Å². The summed E-state index contributed by atoms with van der Waals surface area (Å²) in [6.45, 7) is 6.93. The summed E-state index contributed by atoms with van der Waals surface area (Å²) < 4.78 is 28.0. The largest absolute Gasteiger partial charge is 0.351 e. The highest BCUT2D eigenvalue weighted by molar-refractivity contribution is 7.86. The number of nitrogens with zero attached hydrogens (tertiary/aromatic N) is 3. The molecular weight excluding hydrogens is 411 g/mol. The maximum atomic E-state index is 12.5. The highest BCUT2D eigenvalue weighted by atomic mass is 35.5. The standard InChI is InChI=1S/C17H26Cl2N4O3S/c1-3-22(4-2)27(25,26)23-9-7-21(8-10-23)13-17(24)20-12-14-5-6-15(18)11-16(14)19/h5-6,11H,3-4,7-10,12-13H2,1-2H3,(H,20,24). The lowest BCUT2D eigenvalue weighted by Gasteiger charge is -2.35. The molecule has 1 heterocycles. The van der Waals surface area contributed by atoms with E-state index in [-0.39, 0.29) is 12.5 Å². The average molecular weight is 437 g/mol. The van der Waals surface area contributed by atoms with E-state index in [9.17, 15) is 13.2 Å². The van der Waals surface area contributed by atoms with Crippen LogP contribution in [0.5, 0.6) is 0 Å². The lowest BCUT2D eigenvalue weighted by atomic mass is 10.2. The maximum absolute atomic E-state index is 12.5. The highest BCUT2D eigenvalue weighted by Gasteiger charge is 2.31. The van der Waals surface area contributed by atoms with Crippen molar-refractivity contribution in [3.8, 4) is 0 Å². The van der Waals surface area contributed by atoms with E-state index in [2.05, 4.69) is 5.32 Å². The third-order valence-corrected chi connectivity index (χ3v) is 7.32. The van der Waals surface area contributed by atoms with Crippen molar-refractivity contribution in [2.24, 2.45) is 0 Å². The fraction of sp³-hybridized carbons (Fsp3) is 0.588. The molecule has 7 nitrogen and oxygen atoms in total. The second kappa shape index (κ2) is 10.0. The Morgan fingerprint density at radius 3 is 2.33 bits per heavy atom. The Kier molecular flexibility index (Phi) is 8.33. The monoisotopic (exact) mass is 436 g/mol. The van der Waals surface area contributed by atoms with Crippen LogP contribution in [0.25, 0.3) is 0 Å². The van der Waals surface area contributed by atoms with Gasteiger partial charge in [0.1, 0.15) is 0 Å². The van der Waals surface area contributed by atoms with Crippen LogP contribution in [-0.2, 0) is 21.5 Å². The quantitative estimate of drug-likeness (QED) is 0.674. The van der Waals surface area contributed by atoms with Crippen LogP contribution in [0.2, 0.25) is 10.0 Å². The van der Waals surface area contributed by atoms with Crippen molar-refractivity contribution in [2.75, 3.05) is 45.8 Å². The van der Waals surface area contributed by atoms with Gasteiger partial charge in [0.05, 0.1) is 6.54 Å². The molecule has 1 saturated heterocycles. The molecule has 1 amide bonds. The van der Waals surface area contributed by atoms with Gasteiger partial charge >= 0.3 is 0 Å². The molecule has 27 heavy (non-hydrogen) atoms. The van der Waals surface area contributed by atoms with E-state index >= 15 is 0 Å². The van der Waals surface area contributed by atoms with Crippen LogP contribution in [-0.4, -0.2) is 73.6 Å². The third-order valence-electron chi connectivity index (χ3n) is 4.55. The number of piperazine rings is 1. The predicted octanol–water partition coefficient (Wildman–Crippen LogP) is 1.81. The minimum Gasteiger partial charge on any atom is -0.351 e. The molecule has 0 radical (unpaired) electrons. The molecule has 10 heteroatoms. The van der Waals surface area contributed by atoms with E-state index in [4.69, 9.17) is 23.2 Å². The number of carbonyl (C=O) groups is 1. The second-order valence-corrected chi connectivity index (χ2v) is 9.05. The summed E-state index contributed by atoms with van der Waals surface area (Å²) in [6.07, 6.45) is 0. The van der Waals surface area contributed by atoms with E-state index in [0.717, 1.165) is 5.56 Å². The summed E-state index contributed by atoms with van der Waals surface area (Å²) in [5.41, 5.74) is 0.796. The van der Waals surface area contributed by atoms with Gasteiger partial charge in [-0.3, -0.25) is 9.69 Å². The number of carbonyl (C=O) groups excluding carboxylic acids is 1. The van der Waals surface area contributed by atoms with Gasteiger partial charge in [-0.2, -0.15) is 17.0 Å². The lowest BCUT2D eigenvalue weighted by Crippen LogP contribution is -2.54. The molecule has 0 aliphatic carbocycles. The van der Waals surface area contributed by atoms with E-state index in [1.54, 1.807) is 18.2 Å². The summed E-state index contributed by atoms with van der Waals surface area (Å²) >= 11 is 12.0. The molecule has 1 aliphatic heterocycles. The summed E-state index contributed by atoms with van der Waals surface area (Å²) in [5, 5.41) is 3.90. The normalized spacial score (nSPS) is 16.6. The van der Waals surface area contributed by atoms with Crippen LogP contribution in [0.4, 0.5) is 0 Å². The zero-order chi connectivity index (χ0) is 20.0. The molecule has 152 valence electrons. The molecule has 1 aromatic carbocycles. The van der Waals surface area contributed by atoms with Crippen LogP contribution in [0.3, 0.4) is 0 Å². The van der Waals surface area contributed by atoms with Crippen LogP contribution >= 0.6 is 23.2 Å². The van der Waals surface area contributed by atoms with Gasteiger partial charge in [0.15, 0.2) is 0 Å². The first-order valence-corrected chi connectivity index (χ1v) is 11.1. The van der Waals surface area contributed by atoms with E-state index in [1.807, 2.05) is 18.7 Å². The van der Waals surface area contributed by atoms with Crippen molar-refractivity contribution in [3.05, 3.63) is 33.8 Å². The Morgan fingerprint density at radius 1 is 1.15 bits per heavy atom. The Bertz CT molecular complexity index is 749. The highest BCUT2D eigenvalue weighted by Crippen LogP contribution is 2.20. The van der Waals surface area contributed by atoms with Crippen LogP contribution < -0.4 is 5.32 Å². The molecule has 0 saturated carbocycles. The predicted molar refractivity (Wildman–Crippen MR) is 108 cm³/mol. The van der Waals surface area contributed by atoms with Crippen molar-refractivity contribution >= 4 is 39.3 Å². The number of hydrogen-bond acceptors (Lipinski definition) is 4. The zero-order valence-electron chi connectivity index (χ0n) is 15.6. The van der Waals surface area contributed by atoms with Crippen molar-refractivity contribution < 1.29 is 13.2 Å². The summed E-state index contributed by atoms with van der Waals surface area (Å²) in [7, 11) is -3.42. The number of hydrogen-bond donors (Lipinski definition) is 1. The summed E-state index contributed by atoms with van der Waals surface area (Å²) in [6, 6.07) is 5.15. The molecule has 1 aliphatic rings. The molecular formula is C17H26Cl2N4O3S. The number of nitrogens with one attached hydrogen (secondary N) is 1. The number of rotatable bonds is 8. The Hall–Kier alpha value is -0.900. The van der Waals surface area contributed by atoms with Gasteiger partial charge in [-0.15, -0.1) is 0 Å². The van der Waals surface area contributed by atoms with Crippen molar-refractivity contribution in [1.82, 2.24) is 18.8 Å². The van der Waals surface area contributed by atoms with Gasteiger partial charge in [0, 0.05) is 55.9 Å². The first-order chi connectivity index (χ1) is 12.8. The van der Waals surface area contributed by atoms with Crippen LogP contribution in [0.1, 0.15) is 19.4 Å². The SMILES string of the molecule is CCN(CC)S(=O)(=O)N1CCN(CC(=O)NCc2ccc(Cl)cc2Cl)CC1. The number of halogens is 2. The van der Waals surface area contributed by atoms with Gasteiger partial charge in [-0.25, -0.2) is 0 Å². The first kappa shape index (κ1) is 22.4. The molecule has 0 aromatic heterocycles. The Balaban J connectivity index is 1.80. The minimum absolute atomic E-state index is 0.124. The smallest absolute Gasteiger partial charge is 0.282 e. The average Bonchev–Trinajstić information content (AvgIpc) is 2.62. The van der Waals surface area contributed by atoms with Gasteiger partial charge < -0.3 is 5.32 Å². The molecule has 2 rings (SSSR count). The fourth-order valence-corrected chi connectivity index (χ4v) is 5.03. The molecule has 0 unspecified atom stereocenters. The number of benzene rings is 1. The fourth-order valence-electron chi connectivity index (χ4n) is 2.95. The van der Waals surface area contributed by atoms with Gasteiger partial charge in [0.2, 0.25) is 5.91 Å². The minimum atomic E-state index is -3.42. The van der Waals surface area contributed by atoms with Gasteiger partial charge in [-0.05, 0) is 17.7 Å². The van der Waals surface area contributed by atoms with Crippen molar-refractivity contribution in [1.29, 1.82) is 0 Å². The zero-order valence-corrected chi connectivity index (χ0v) is 17.9. The van der Waals surface area contributed by atoms with E-state index < -0.39 is 10.2 Å². The summed E-state index contributed by atoms with van der Waals surface area (Å²) in [5.74, 6) is -0.124. The lowest BCUT2D eigenvalue weighted by molar-refractivity contribution is -0.122. The summed E-state index contributed by atoms with van der Waals surface area (Å²) in [4.78, 5) is 14.1. The first-order valence-electron chi connectivity index (χ1n) is 8.96. The molecule has 0 spiro atoms. The molecule has 0 bridgehead atoms. The van der Waals surface area contributed by atoms with Crippen molar-refractivity contribution in [2.45, 2.75) is 20.4 Å². The Morgan fingerprint density at radius 2 is 1.78 bits per heavy atom. The maximum Gasteiger partial charge on any atom is 0.282 e.